The quantitative estimate of drug-likeness (QED) is 0.433. The molecule has 3 unspecified atom stereocenters. The molecule has 1 heterocycles. The van der Waals surface area contributed by atoms with Crippen LogP contribution in [0, 0.1) is 5.92 Å². The fourth-order valence-corrected chi connectivity index (χ4v) is 5.29. The van der Waals surface area contributed by atoms with E-state index in [2.05, 4.69) is 0 Å². The smallest absolute Gasteiger partial charge is 0.315 e. The van der Waals surface area contributed by atoms with E-state index in [9.17, 15) is 9.59 Å². The van der Waals surface area contributed by atoms with Crippen molar-refractivity contribution < 1.29 is 28.5 Å². The molecule has 7 heteroatoms. The summed E-state index contributed by atoms with van der Waals surface area (Å²) in [5.74, 6) is 0.330. The number of hydrogen-bond acceptors (Lipinski definition) is 7. The van der Waals surface area contributed by atoms with Gasteiger partial charge >= 0.3 is 5.97 Å². The highest BCUT2D eigenvalue weighted by molar-refractivity contribution is 6.09. The second kappa shape index (κ2) is 11.2. The normalized spacial score (nSPS) is 21.3. The zero-order valence-electron chi connectivity index (χ0n) is 22.4. The Bertz CT molecular complexity index is 1230. The Morgan fingerprint density at radius 1 is 1.00 bits per heavy atom. The molecule has 1 aliphatic carbocycles. The Morgan fingerprint density at radius 3 is 2.32 bits per heavy atom. The molecule has 2 aromatic carbocycles. The molecule has 4 rings (SSSR count). The number of rotatable bonds is 8. The number of carbonyl (C=O) groups is 2. The summed E-state index contributed by atoms with van der Waals surface area (Å²) in [4.78, 5) is 32.0. The van der Waals surface area contributed by atoms with E-state index in [1.54, 1.807) is 14.2 Å². The molecular formula is C30H35NO6. The van der Waals surface area contributed by atoms with Crippen LogP contribution in [0.5, 0.6) is 17.2 Å². The van der Waals surface area contributed by atoms with Crippen molar-refractivity contribution in [2.45, 2.75) is 58.5 Å². The molecule has 0 saturated carbocycles. The number of allylic oxidation sites excluding steroid dienone is 2. The molecule has 37 heavy (non-hydrogen) atoms. The van der Waals surface area contributed by atoms with Crippen LogP contribution in [0.15, 0.2) is 58.7 Å². The maximum absolute atomic E-state index is 13.8. The third kappa shape index (κ3) is 5.41. The van der Waals surface area contributed by atoms with Crippen LogP contribution in [0.2, 0.25) is 0 Å². The molecule has 196 valence electrons. The highest BCUT2D eigenvalue weighted by Crippen LogP contribution is 2.48. The number of ether oxygens (including phenoxy) is 4. The van der Waals surface area contributed by atoms with Gasteiger partial charge in [-0.25, -0.2) is 0 Å². The molecule has 0 saturated heterocycles. The number of hydrogen-bond donors (Lipinski definition) is 0. The number of ketones is 1. The van der Waals surface area contributed by atoms with Crippen LogP contribution in [0.1, 0.15) is 63.5 Å². The molecular weight excluding hydrogens is 470 g/mol. The first kappa shape index (κ1) is 26.5. The fourth-order valence-electron chi connectivity index (χ4n) is 5.29. The molecule has 0 radical (unpaired) electrons. The zero-order valence-corrected chi connectivity index (χ0v) is 22.4. The molecule has 2 aliphatic rings. The van der Waals surface area contributed by atoms with Gasteiger partial charge in [0, 0.05) is 29.3 Å². The minimum Gasteiger partial charge on any atom is -0.497 e. The predicted octanol–water partition coefficient (Wildman–Crippen LogP) is 5.63. The van der Waals surface area contributed by atoms with Crippen molar-refractivity contribution in [1.82, 2.24) is 0 Å². The van der Waals surface area contributed by atoms with E-state index in [0.717, 1.165) is 22.6 Å². The van der Waals surface area contributed by atoms with Crippen LogP contribution in [0.25, 0.3) is 0 Å². The summed E-state index contributed by atoms with van der Waals surface area (Å²) in [5.41, 5.74) is 3.83. The number of esters is 1. The maximum Gasteiger partial charge on any atom is 0.315 e. The second-order valence-corrected chi connectivity index (χ2v) is 9.70. The molecule has 0 fully saturated rings. The summed E-state index contributed by atoms with van der Waals surface area (Å²) in [6.07, 6.45) is 0.672. The summed E-state index contributed by atoms with van der Waals surface area (Å²) in [6.45, 7) is 7.88. The third-order valence-electron chi connectivity index (χ3n) is 6.93. The topological polar surface area (TPSA) is 83.4 Å². The minimum atomic E-state index is -0.703. The van der Waals surface area contributed by atoms with Gasteiger partial charge in [0.1, 0.15) is 11.7 Å². The molecule has 7 nitrogen and oxygen atoms in total. The number of carbonyl (C=O) groups excluding carboxylic acids is 2. The average Bonchev–Trinajstić information content (AvgIpc) is 2.87. The van der Waals surface area contributed by atoms with Gasteiger partial charge in [0.15, 0.2) is 17.3 Å². The molecule has 0 N–H and O–H groups in total. The number of aliphatic imine (C=N–C) groups is 1. The number of nitrogens with zero attached hydrogens (tertiary/aromatic N) is 1. The second-order valence-electron chi connectivity index (χ2n) is 9.70. The van der Waals surface area contributed by atoms with Crippen molar-refractivity contribution in [3.63, 3.8) is 0 Å². The average molecular weight is 506 g/mol. The number of methoxy groups -OCH3 is 2. The Kier molecular flexibility index (Phi) is 8.00. The first-order chi connectivity index (χ1) is 17.8. The maximum atomic E-state index is 13.8. The molecule has 0 spiro atoms. The lowest BCUT2D eigenvalue weighted by Gasteiger charge is -2.37. The number of Topliss-reactive ketones (excluding diaryl/α,β-unsaturated/α-hetero) is 1. The molecule has 1 aliphatic heterocycles. The molecule has 2 aromatic rings. The number of benzene rings is 2. The van der Waals surface area contributed by atoms with Crippen molar-refractivity contribution in [2.75, 3.05) is 20.8 Å². The van der Waals surface area contributed by atoms with Crippen LogP contribution in [-0.2, 0) is 14.3 Å². The van der Waals surface area contributed by atoms with E-state index in [1.807, 2.05) is 70.2 Å². The first-order valence-corrected chi connectivity index (χ1v) is 12.7. The van der Waals surface area contributed by atoms with Gasteiger partial charge in [-0.15, -0.1) is 0 Å². The Labute approximate surface area is 218 Å². The van der Waals surface area contributed by atoms with Gasteiger partial charge in [0.05, 0.1) is 26.9 Å². The van der Waals surface area contributed by atoms with E-state index in [1.165, 1.54) is 0 Å². The van der Waals surface area contributed by atoms with Crippen molar-refractivity contribution in [1.29, 1.82) is 0 Å². The highest BCUT2D eigenvalue weighted by atomic mass is 16.5. The SMILES string of the molecule is CCOc1ccc(C2C3=C(CC(c4ccc(OC)cc4)CC3=O)N=C(C)C2C(=O)OC(C)C)cc1OC. The van der Waals surface area contributed by atoms with Crippen LogP contribution in [0.3, 0.4) is 0 Å². The van der Waals surface area contributed by atoms with Crippen LogP contribution in [-0.4, -0.2) is 44.4 Å². The lowest BCUT2D eigenvalue weighted by molar-refractivity contribution is -0.150. The summed E-state index contributed by atoms with van der Waals surface area (Å²) in [6, 6.07) is 13.4. The molecule has 0 aromatic heterocycles. The van der Waals surface area contributed by atoms with Crippen LogP contribution in [0.4, 0.5) is 0 Å². The van der Waals surface area contributed by atoms with Crippen molar-refractivity contribution in [3.05, 3.63) is 64.9 Å². The summed E-state index contributed by atoms with van der Waals surface area (Å²) in [7, 11) is 3.21. The van der Waals surface area contributed by atoms with E-state index >= 15 is 0 Å². The third-order valence-corrected chi connectivity index (χ3v) is 6.93. The highest BCUT2D eigenvalue weighted by Gasteiger charge is 2.45. The summed E-state index contributed by atoms with van der Waals surface area (Å²) in [5, 5.41) is 0. The van der Waals surface area contributed by atoms with Gasteiger partial charge in [-0.1, -0.05) is 18.2 Å². The van der Waals surface area contributed by atoms with E-state index in [4.69, 9.17) is 23.9 Å². The fraction of sp³-hybridized carbons (Fsp3) is 0.433. The van der Waals surface area contributed by atoms with Gasteiger partial charge in [-0.2, -0.15) is 0 Å². The van der Waals surface area contributed by atoms with Gasteiger partial charge in [0.25, 0.3) is 0 Å². The minimum absolute atomic E-state index is 0.00137. The first-order valence-electron chi connectivity index (χ1n) is 12.7. The van der Waals surface area contributed by atoms with Crippen LogP contribution < -0.4 is 14.2 Å². The monoisotopic (exact) mass is 505 g/mol. The van der Waals surface area contributed by atoms with Gasteiger partial charge in [-0.3, -0.25) is 14.6 Å². The van der Waals surface area contributed by atoms with Gasteiger partial charge in [0.2, 0.25) is 0 Å². The van der Waals surface area contributed by atoms with Crippen molar-refractivity contribution in [3.8, 4) is 17.2 Å². The lowest BCUT2D eigenvalue weighted by atomic mass is 9.69. The Balaban J connectivity index is 1.79. The Morgan fingerprint density at radius 2 is 1.70 bits per heavy atom. The van der Waals surface area contributed by atoms with E-state index in [-0.39, 0.29) is 23.8 Å². The van der Waals surface area contributed by atoms with Crippen molar-refractivity contribution in [2.24, 2.45) is 10.9 Å². The van der Waals surface area contributed by atoms with E-state index < -0.39 is 11.8 Å². The van der Waals surface area contributed by atoms with Crippen LogP contribution >= 0.6 is 0 Å². The van der Waals surface area contributed by atoms with Gasteiger partial charge in [-0.05, 0) is 75.4 Å². The lowest BCUT2D eigenvalue weighted by Crippen LogP contribution is -2.38. The summed E-state index contributed by atoms with van der Waals surface area (Å²) < 4.78 is 22.2. The summed E-state index contributed by atoms with van der Waals surface area (Å²) >= 11 is 0. The standard InChI is InChI=1S/C30H35NO6/c1-7-36-25-13-10-20(16-26(25)35-6)28-27(30(33)37-17(2)3)18(4)31-23-14-21(15-24(32)29(23)28)19-8-11-22(34-5)12-9-19/h8-13,16-17,21,27-28H,7,14-15H2,1-6H3. The van der Waals surface area contributed by atoms with Gasteiger partial charge < -0.3 is 18.9 Å². The largest absolute Gasteiger partial charge is 0.497 e. The Hall–Kier alpha value is -3.61. The zero-order chi connectivity index (χ0) is 26.7. The van der Waals surface area contributed by atoms with Crippen molar-refractivity contribution >= 4 is 17.5 Å². The molecule has 3 atom stereocenters. The van der Waals surface area contributed by atoms with E-state index in [0.29, 0.717) is 42.2 Å². The molecule has 0 bridgehead atoms. The molecule has 0 amide bonds. The predicted molar refractivity (Wildman–Crippen MR) is 142 cm³/mol.